The number of ether oxygens (including phenoxy) is 1. The number of unbranched alkanes of at least 4 members (excludes halogenated alkanes) is 10. The number of phosphoric acid groups is 1. The molecule has 0 heterocycles. The third kappa shape index (κ3) is 30.6. The maximum Gasteiger partial charge on any atom is 0.469 e. The van der Waals surface area contributed by atoms with Crippen LogP contribution in [0.25, 0.3) is 0 Å². The van der Waals surface area contributed by atoms with Gasteiger partial charge in [-0.15, -0.1) is 0 Å². The van der Waals surface area contributed by atoms with Gasteiger partial charge in [0.25, 0.3) is 0 Å². The van der Waals surface area contributed by atoms with Gasteiger partial charge in [-0.2, -0.15) is 0 Å². The van der Waals surface area contributed by atoms with Gasteiger partial charge in [-0.1, -0.05) is 107 Å². The molecule has 0 amide bonds. The predicted molar refractivity (Wildman–Crippen MR) is 151 cm³/mol. The Kier molecular flexibility index (Phi) is 25.1. The van der Waals surface area contributed by atoms with E-state index in [-0.39, 0.29) is 13.0 Å². The molecule has 1 unspecified atom stereocenters. The maximum atomic E-state index is 11.6. The summed E-state index contributed by atoms with van der Waals surface area (Å²) in [5, 5.41) is 9.46. The quantitative estimate of drug-likeness (QED) is 0.0474. The minimum atomic E-state index is -4.63. The van der Waals surface area contributed by atoms with Crippen molar-refractivity contribution in [3.8, 4) is 0 Å². The van der Waals surface area contributed by atoms with Crippen molar-refractivity contribution in [2.24, 2.45) is 0 Å². The summed E-state index contributed by atoms with van der Waals surface area (Å²) in [5.74, 6) is -0.416. The van der Waals surface area contributed by atoms with Gasteiger partial charge in [0.05, 0.1) is 6.61 Å². The van der Waals surface area contributed by atoms with Crippen molar-refractivity contribution in [1.82, 2.24) is 0 Å². The first kappa shape index (κ1) is 35.5. The van der Waals surface area contributed by atoms with E-state index in [4.69, 9.17) is 14.5 Å². The third-order valence-corrected chi connectivity index (χ3v) is 6.08. The molecule has 37 heavy (non-hydrogen) atoms. The van der Waals surface area contributed by atoms with Gasteiger partial charge in [-0.3, -0.25) is 9.32 Å². The molecule has 8 heteroatoms. The van der Waals surface area contributed by atoms with Crippen LogP contribution in [0.4, 0.5) is 0 Å². The lowest BCUT2D eigenvalue weighted by Crippen LogP contribution is -2.23. The Morgan fingerprint density at radius 2 is 1.16 bits per heavy atom. The maximum absolute atomic E-state index is 11.6. The van der Waals surface area contributed by atoms with Gasteiger partial charge >= 0.3 is 13.8 Å². The van der Waals surface area contributed by atoms with Crippen molar-refractivity contribution < 1.29 is 33.5 Å². The van der Waals surface area contributed by atoms with Crippen LogP contribution in [0.2, 0.25) is 0 Å². The zero-order chi connectivity index (χ0) is 27.5. The highest BCUT2D eigenvalue weighted by atomic mass is 31.2. The van der Waals surface area contributed by atoms with Crippen LogP contribution in [-0.4, -0.2) is 40.2 Å². The molecule has 0 radical (unpaired) electrons. The van der Waals surface area contributed by atoms with Crippen molar-refractivity contribution in [1.29, 1.82) is 0 Å². The number of hydrogen-bond donors (Lipinski definition) is 3. The van der Waals surface area contributed by atoms with E-state index in [0.29, 0.717) is 0 Å². The van der Waals surface area contributed by atoms with Gasteiger partial charge in [0.2, 0.25) is 0 Å². The summed E-state index contributed by atoms with van der Waals surface area (Å²) in [7, 11) is -4.63. The number of carbonyl (C=O) groups excluding carboxylic acids is 1. The van der Waals surface area contributed by atoms with Crippen LogP contribution in [0, 0.1) is 0 Å². The first-order chi connectivity index (χ1) is 17.8. The summed E-state index contributed by atoms with van der Waals surface area (Å²) in [4.78, 5) is 28.7. The van der Waals surface area contributed by atoms with Gasteiger partial charge in [-0.25, -0.2) is 4.57 Å². The van der Waals surface area contributed by atoms with Crippen LogP contribution >= 0.6 is 7.82 Å². The molecule has 0 saturated heterocycles. The lowest BCUT2D eigenvalue weighted by Gasteiger charge is -2.12. The first-order valence-corrected chi connectivity index (χ1v) is 15.5. The molecule has 0 aromatic rings. The van der Waals surface area contributed by atoms with Crippen LogP contribution in [-0.2, 0) is 18.6 Å². The summed E-state index contributed by atoms with van der Waals surface area (Å²) >= 11 is 0. The topological polar surface area (TPSA) is 113 Å². The smallest absolute Gasteiger partial charge is 0.463 e. The van der Waals surface area contributed by atoms with Crippen molar-refractivity contribution in [2.75, 3.05) is 13.2 Å². The molecular formula is C29H51O7P. The standard InChI is InChI=1S/C29H51O7P/c1-2-3-4-5-6-7-8-9-10-11-12-13-14-15-16-17-18-19-20-21-22-23-24-25-29(31)35-26-28(30)27-36-37(32,33)34/h3-4,6-7,9-10,12-13,28,30H,2,5,8,11,14-27H2,1H3,(H2,32,33,34)/b4-3-,7-6-,10-9-,13-12-. The molecule has 0 aliphatic carbocycles. The number of hydrogen-bond acceptors (Lipinski definition) is 5. The van der Waals surface area contributed by atoms with E-state index < -0.39 is 26.5 Å². The van der Waals surface area contributed by atoms with E-state index in [1.165, 1.54) is 51.4 Å². The van der Waals surface area contributed by atoms with Crippen molar-refractivity contribution >= 4 is 13.8 Å². The SMILES string of the molecule is CC/C=C\C/C=C\C/C=C\C/C=C\CCCCCCCCCCCCC(=O)OCC(O)COP(=O)(O)O. The molecule has 0 spiro atoms. The minimum absolute atomic E-state index is 0.283. The Balaban J connectivity index is 3.38. The van der Waals surface area contributed by atoms with Crippen LogP contribution in [0.5, 0.6) is 0 Å². The lowest BCUT2D eigenvalue weighted by atomic mass is 10.1. The molecule has 3 N–H and O–H groups in total. The summed E-state index contributed by atoms with van der Waals surface area (Å²) in [6.45, 7) is 1.24. The number of esters is 1. The van der Waals surface area contributed by atoms with Gasteiger partial charge in [0.15, 0.2) is 0 Å². The summed E-state index contributed by atoms with van der Waals surface area (Å²) in [6, 6.07) is 0. The highest BCUT2D eigenvalue weighted by Crippen LogP contribution is 2.35. The molecule has 0 rings (SSSR count). The molecule has 0 aliphatic heterocycles. The molecule has 0 aromatic heterocycles. The number of aliphatic hydroxyl groups is 1. The monoisotopic (exact) mass is 542 g/mol. The van der Waals surface area contributed by atoms with E-state index in [0.717, 1.165) is 44.9 Å². The fraction of sp³-hybridized carbons (Fsp3) is 0.690. The number of allylic oxidation sites excluding steroid dienone is 8. The summed E-state index contributed by atoms with van der Waals surface area (Å²) in [6.07, 6.45) is 33.8. The zero-order valence-electron chi connectivity index (χ0n) is 22.8. The second kappa shape index (κ2) is 26.1. The molecule has 1 atom stereocenters. The van der Waals surface area contributed by atoms with E-state index >= 15 is 0 Å². The number of carbonyl (C=O) groups is 1. The van der Waals surface area contributed by atoms with Gasteiger partial charge in [0, 0.05) is 6.42 Å². The average Bonchev–Trinajstić information content (AvgIpc) is 2.86. The zero-order valence-corrected chi connectivity index (χ0v) is 23.7. The lowest BCUT2D eigenvalue weighted by molar-refractivity contribution is -0.147. The highest BCUT2D eigenvalue weighted by Gasteiger charge is 2.17. The van der Waals surface area contributed by atoms with Crippen molar-refractivity contribution in [3.63, 3.8) is 0 Å². The van der Waals surface area contributed by atoms with Crippen molar-refractivity contribution in [3.05, 3.63) is 48.6 Å². The van der Waals surface area contributed by atoms with E-state index in [2.05, 4.69) is 60.1 Å². The van der Waals surface area contributed by atoms with Crippen LogP contribution in [0.1, 0.15) is 110 Å². The Hall–Kier alpha value is -1.50. The van der Waals surface area contributed by atoms with E-state index in [1.807, 2.05) is 0 Å². The Morgan fingerprint density at radius 1 is 0.703 bits per heavy atom. The molecule has 0 bridgehead atoms. The van der Waals surface area contributed by atoms with E-state index in [1.54, 1.807) is 0 Å². The number of aliphatic hydroxyl groups excluding tert-OH is 1. The highest BCUT2D eigenvalue weighted by molar-refractivity contribution is 7.46. The second-order valence-corrected chi connectivity index (χ2v) is 10.4. The first-order valence-electron chi connectivity index (χ1n) is 14.0. The fourth-order valence-electron chi connectivity index (χ4n) is 3.54. The summed E-state index contributed by atoms with van der Waals surface area (Å²) in [5.41, 5.74) is 0. The Bertz CT molecular complexity index is 694. The summed E-state index contributed by atoms with van der Waals surface area (Å²) < 4.78 is 19.6. The van der Waals surface area contributed by atoms with Gasteiger partial charge in [0.1, 0.15) is 12.7 Å². The van der Waals surface area contributed by atoms with E-state index in [9.17, 15) is 14.5 Å². The molecule has 0 aromatic carbocycles. The molecule has 0 aliphatic rings. The Labute approximate surface area is 225 Å². The molecule has 214 valence electrons. The van der Waals surface area contributed by atoms with Crippen molar-refractivity contribution in [2.45, 2.75) is 116 Å². The number of phosphoric ester groups is 1. The fourth-order valence-corrected chi connectivity index (χ4v) is 3.90. The van der Waals surface area contributed by atoms with Gasteiger partial charge in [-0.05, 0) is 44.9 Å². The molecular weight excluding hydrogens is 491 g/mol. The molecule has 0 saturated carbocycles. The number of rotatable bonds is 25. The third-order valence-electron chi connectivity index (χ3n) is 5.59. The van der Waals surface area contributed by atoms with Crippen LogP contribution in [0.15, 0.2) is 48.6 Å². The largest absolute Gasteiger partial charge is 0.469 e. The minimum Gasteiger partial charge on any atom is -0.463 e. The Morgan fingerprint density at radius 3 is 1.68 bits per heavy atom. The van der Waals surface area contributed by atoms with Crippen LogP contribution < -0.4 is 0 Å². The van der Waals surface area contributed by atoms with Gasteiger partial charge < -0.3 is 19.6 Å². The molecule has 0 fully saturated rings. The molecule has 7 nitrogen and oxygen atoms in total. The average molecular weight is 543 g/mol. The predicted octanol–water partition coefficient (Wildman–Crippen LogP) is 7.49. The normalized spacial score (nSPS) is 13.5. The second-order valence-electron chi connectivity index (χ2n) is 9.20. The van der Waals surface area contributed by atoms with Crippen LogP contribution in [0.3, 0.4) is 0 Å².